The average Bonchev–Trinajstić information content (AvgIpc) is 2.19. The van der Waals surface area contributed by atoms with E-state index in [9.17, 15) is 0 Å². The maximum Gasteiger partial charge on any atom is 0.139 e. The number of benzene rings is 1. The van der Waals surface area contributed by atoms with Crippen molar-refractivity contribution >= 4 is 35.6 Å². The zero-order valence-corrected chi connectivity index (χ0v) is 10.1. The number of hydrogen-bond donors (Lipinski definition) is 2. The summed E-state index contributed by atoms with van der Waals surface area (Å²) in [7, 11) is 0. The topological polar surface area (TPSA) is 55.5 Å². The van der Waals surface area contributed by atoms with Crippen molar-refractivity contribution in [3.8, 4) is 5.75 Å². The summed E-state index contributed by atoms with van der Waals surface area (Å²) in [6.45, 7) is 0.259. The molecule has 3 nitrogen and oxygen atoms in total. The summed E-state index contributed by atoms with van der Waals surface area (Å²) in [5.41, 5.74) is 5.22. The molecule has 0 spiro atoms. The van der Waals surface area contributed by atoms with Gasteiger partial charge < -0.3 is 15.6 Å². The van der Waals surface area contributed by atoms with Gasteiger partial charge in [-0.25, -0.2) is 0 Å². The maximum absolute atomic E-state index is 9.15. The minimum atomic E-state index is -0.690. The molecule has 1 aromatic rings. The van der Waals surface area contributed by atoms with Crippen LogP contribution in [0.1, 0.15) is 0 Å². The molecule has 86 valence electrons. The fourth-order valence-electron chi connectivity index (χ4n) is 0.842. The predicted molar refractivity (Wildman–Crippen MR) is 64.3 cm³/mol. The van der Waals surface area contributed by atoms with Gasteiger partial charge in [0.1, 0.15) is 18.5 Å². The van der Waals surface area contributed by atoms with Crippen LogP contribution in [-0.2, 0) is 0 Å². The van der Waals surface area contributed by atoms with E-state index in [1.165, 1.54) is 0 Å². The molecule has 0 fully saturated rings. The quantitative estimate of drug-likeness (QED) is 0.883. The second kappa shape index (κ2) is 7.14. The van der Waals surface area contributed by atoms with E-state index in [4.69, 9.17) is 38.8 Å². The first-order valence-corrected chi connectivity index (χ1v) is 4.85. The van der Waals surface area contributed by atoms with Gasteiger partial charge in [-0.2, -0.15) is 0 Å². The Hall–Kier alpha value is -0.190. The number of ether oxygens (including phenoxy) is 1. The van der Waals surface area contributed by atoms with Crippen LogP contribution in [0, 0.1) is 0 Å². The second-order valence-corrected chi connectivity index (χ2v) is 3.62. The number of aliphatic hydroxyl groups excluding tert-OH is 1. The highest BCUT2D eigenvalue weighted by Crippen LogP contribution is 2.27. The van der Waals surface area contributed by atoms with Gasteiger partial charge in [-0.3, -0.25) is 0 Å². The Morgan fingerprint density at radius 1 is 1.40 bits per heavy atom. The minimum absolute atomic E-state index is 0. The van der Waals surface area contributed by atoms with Crippen molar-refractivity contribution < 1.29 is 9.84 Å². The van der Waals surface area contributed by atoms with E-state index in [1.54, 1.807) is 18.2 Å². The van der Waals surface area contributed by atoms with Crippen LogP contribution in [0.4, 0.5) is 0 Å². The molecule has 0 aromatic heterocycles. The number of rotatable bonds is 4. The molecule has 1 unspecified atom stereocenters. The molecule has 0 aliphatic rings. The lowest BCUT2D eigenvalue weighted by Gasteiger charge is -2.11. The molecule has 0 bridgehead atoms. The molecule has 0 saturated heterocycles. The summed E-state index contributed by atoms with van der Waals surface area (Å²) >= 11 is 11.6. The van der Waals surface area contributed by atoms with Crippen molar-refractivity contribution in [2.24, 2.45) is 5.73 Å². The van der Waals surface area contributed by atoms with Gasteiger partial charge in [0.15, 0.2) is 0 Å². The molecule has 3 N–H and O–H groups in total. The number of hydrogen-bond acceptors (Lipinski definition) is 3. The smallest absolute Gasteiger partial charge is 0.139 e. The monoisotopic (exact) mass is 271 g/mol. The van der Waals surface area contributed by atoms with E-state index in [0.29, 0.717) is 15.8 Å². The maximum atomic E-state index is 9.15. The molecule has 0 saturated carbocycles. The Morgan fingerprint density at radius 3 is 2.67 bits per heavy atom. The molecule has 0 aliphatic carbocycles. The lowest BCUT2D eigenvalue weighted by atomic mass is 10.3. The Kier molecular flexibility index (Phi) is 7.05. The molecular weight excluding hydrogens is 260 g/mol. The molecule has 0 amide bonds. The van der Waals surface area contributed by atoms with E-state index in [0.717, 1.165) is 0 Å². The Bertz CT molecular complexity index is 309. The number of nitrogens with two attached hydrogens (primary N) is 1. The predicted octanol–water partition coefficient (Wildman–Crippen LogP) is 2.11. The molecule has 0 radical (unpaired) electrons. The summed E-state index contributed by atoms with van der Waals surface area (Å²) in [5.74, 6) is 0.451. The Labute approximate surface area is 105 Å². The molecule has 6 heteroatoms. The molecule has 1 rings (SSSR count). The van der Waals surface area contributed by atoms with Crippen LogP contribution in [-0.4, -0.2) is 24.4 Å². The standard InChI is InChI=1S/C9H11Cl2NO2.ClH/c10-6-1-2-8(11)9(3-6)14-5-7(13)4-12;/h1-3,7,13H,4-5,12H2;1H. The van der Waals surface area contributed by atoms with Gasteiger partial charge in [0.25, 0.3) is 0 Å². The molecular formula is C9H12Cl3NO2. The van der Waals surface area contributed by atoms with Crippen molar-refractivity contribution in [1.29, 1.82) is 0 Å². The third-order valence-electron chi connectivity index (χ3n) is 1.60. The minimum Gasteiger partial charge on any atom is -0.489 e. The van der Waals surface area contributed by atoms with E-state index in [1.807, 2.05) is 0 Å². The zero-order valence-electron chi connectivity index (χ0n) is 7.82. The van der Waals surface area contributed by atoms with Gasteiger partial charge in [-0.1, -0.05) is 23.2 Å². The first kappa shape index (κ1) is 14.8. The third kappa shape index (κ3) is 4.91. The summed E-state index contributed by atoms with van der Waals surface area (Å²) in [4.78, 5) is 0. The van der Waals surface area contributed by atoms with E-state index in [2.05, 4.69) is 0 Å². The van der Waals surface area contributed by atoms with Gasteiger partial charge in [-0.15, -0.1) is 12.4 Å². The summed E-state index contributed by atoms with van der Waals surface area (Å²) in [6, 6.07) is 4.89. The first-order valence-electron chi connectivity index (χ1n) is 4.09. The van der Waals surface area contributed by atoms with Crippen LogP contribution < -0.4 is 10.5 Å². The van der Waals surface area contributed by atoms with Gasteiger partial charge in [0, 0.05) is 17.6 Å². The third-order valence-corrected chi connectivity index (χ3v) is 2.14. The van der Waals surface area contributed by atoms with E-state index >= 15 is 0 Å². The zero-order chi connectivity index (χ0) is 10.6. The number of halogens is 3. The highest BCUT2D eigenvalue weighted by molar-refractivity contribution is 6.34. The second-order valence-electron chi connectivity index (χ2n) is 2.78. The highest BCUT2D eigenvalue weighted by atomic mass is 35.5. The van der Waals surface area contributed by atoms with Gasteiger partial charge >= 0.3 is 0 Å². The van der Waals surface area contributed by atoms with Crippen molar-refractivity contribution in [3.63, 3.8) is 0 Å². The fraction of sp³-hybridized carbons (Fsp3) is 0.333. The molecule has 0 aliphatic heterocycles. The highest BCUT2D eigenvalue weighted by Gasteiger charge is 2.05. The normalized spacial score (nSPS) is 11.7. The van der Waals surface area contributed by atoms with Crippen LogP contribution in [0.3, 0.4) is 0 Å². The van der Waals surface area contributed by atoms with E-state index in [-0.39, 0.29) is 25.6 Å². The Balaban J connectivity index is 0.00000196. The summed E-state index contributed by atoms with van der Waals surface area (Å²) in [5, 5.41) is 10.1. The van der Waals surface area contributed by atoms with Crippen LogP contribution in [0.5, 0.6) is 5.75 Å². The van der Waals surface area contributed by atoms with E-state index < -0.39 is 6.10 Å². The van der Waals surface area contributed by atoms with Gasteiger partial charge in [-0.05, 0) is 12.1 Å². The largest absolute Gasteiger partial charge is 0.489 e. The number of aliphatic hydroxyl groups is 1. The fourth-order valence-corrected chi connectivity index (χ4v) is 1.18. The summed E-state index contributed by atoms with van der Waals surface area (Å²) < 4.78 is 5.22. The molecule has 1 aromatic carbocycles. The SMILES string of the molecule is Cl.NCC(O)COc1cc(Cl)ccc1Cl. The molecule has 15 heavy (non-hydrogen) atoms. The van der Waals surface area contributed by atoms with Gasteiger partial charge in [0.2, 0.25) is 0 Å². The Morgan fingerprint density at radius 2 is 2.07 bits per heavy atom. The van der Waals surface area contributed by atoms with Crippen LogP contribution in [0.25, 0.3) is 0 Å². The van der Waals surface area contributed by atoms with Crippen molar-refractivity contribution in [2.75, 3.05) is 13.2 Å². The first-order chi connectivity index (χ1) is 6.63. The lowest BCUT2D eigenvalue weighted by molar-refractivity contribution is 0.114. The van der Waals surface area contributed by atoms with Gasteiger partial charge in [0.05, 0.1) is 5.02 Å². The van der Waals surface area contributed by atoms with Crippen molar-refractivity contribution in [1.82, 2.24) is 0 Å². The average molecular weight is 273 g/mol. The van der Waals surface area contributed by atoms with Crippen molar-refractivity contribution in [2.45, 2.75) is 6.10 Å². The molecule has 0 heterocycles. The van der Waals surface area contributed by atoms with Crippen LogP contribution in [0.15, 0.2) is 18.2 Å². The molecule has 1 atom stereocenters. The van der Waals surface area contributed by atoms with Crippen molar-refractivity contribution in [3.05, 3.63) is 28.2 Å². The van der Waals surface area contributed by atoms with Crippen LogP contribution >= 0.6 is 35.6 Å². The summed E-state index contributed by atoms with van der Waals surface area (Å²) in [6.07, 6.45) is -0.690. The van der Waals surface area contributed by atoms with Crippen LogP contribution in [0.2, 0.25) is 10.0 Å². The lowest BCUT2D eigenvalue weighted by Crippen LogP contribution is -2.26.